The molecule has 112 valence electrons. The second-order valence-corrected chi connectivity index (χ2v) is 5.22. The second kappa shape index (κ2) is 7.10. The van der Waals surface area contributed by atoms with Gasteiger partial charge in [0.05, 0.1) is 12.7 Å². The summed E-state index contributed by atoms with van der Waals surface area (Å²) in [5.74, 6) is 0.0888. The molecule has 0 fully saturated rings. The van der Waals surface area contributed by atoms with E-state index in [0.717, 1.165) is 5.56 Å². The highest BCUT2D eigenvalue weighted by atomic mass is 32.1. The van der Waals surface area contributed by atoms with Crippen molar-refractivity contribution in [3.05, 3.63) is 46.2 Å². The molecule has 1 aromatic heterocycles. The van der Waals surface area contributed by atoms with Gasteiger partial charge in [-0.1, -0.05) is 6.07 Å². The van der Waals surface area contributed by atoms with Crippen molar-refractivity contribution >= 4 is 22.9 Å². The van der Waals surface area contributed by atoms with Gasteiger partial charge in [0.2, 0.25) is 0 Å². The van der Waals surface area contributed by atoms with Gasteiger partial charge in [-0.2, -0.15) is 11.3 Å². The van der Waals surface area contributed by atoms with E-state index >= 15 is 0 Å². The van der Waals surface area contributed by atoms with Crippen molar-refractivity contribution in [1.29, 1.82) is 0 Å². The molecular formula is C15H18N2O3S. The summed E-state index contributed by atoms with van der Waals surface area (Å²) in [6, 6.07) is 6.90. The summed E-state index contributed by atoms with van der Waals surface area (Å²) in [5.41, 5.74) is 7.29. The summed E-state index contributed by atoms with van der Waals surface area (Å²) in [6.07, 6.45) is -0.735. The van der Waals surface area contributed by atoms with Crippen LogP contribution in [0.3, 0.4) is 0 Å². The van der Waals surface area contributed by atoms with Crippen molar-refractivity contribution in [2.45, 2.75) is 13.0 Å². The third-order valence-electron chi connectivity index (χ3n) is 2.97. The quantitative estimate of drug-likeness (QED) is 0.714. The number of hydrogen-bond acceptors (Lipinski definition) is 5. The standard InChI is InChI=1S/C15H18N2O3S/c1-2-20-13-5-3-4-11(16)14(13)15(19)17-8-12(18)10-6-7-21-9-10/h3-7,9,12,18H,2,8,16H2,1H3,(H,17,19). The van der Waals surface area contributed by atoms with E-state index in [9.17, 15) is 9.90 Å². The molecule has 1 aromatic carbocycles. The number of nitrogens with one attached hydrogen (secondary N) is 1. The Balaban J connectivity index is 2.06. The van der Waals surface area contributed by atoms with Gasteiger partial charge in [-0.05, 0) is 41.4 Å². The Hall–Kier alpha value is -2.05. The summed E-state index contributed by atoms with van der Waals surface area (Å²) in [5, 5.41) is 16.4. The Bertz CT molecular complexity index is 599. The lowest BCUT2D eigenvalue weighted by molar-refractivity contribution is 0.0913. The van der Waals surface area contributed by atoms with Gasteiger partial charge in [-0.25, -0.2) is 0 Å². The van der Waals surface area contributed by atoms with Crippen LogP contribution in [0.4, 0.5) is 5.69 Å². The molecule has 1 amide bonds. The predicted octanol–water partition coefficient (Wildman–Crippen LogP) is 2.19. The maximum absolute atomic E-state index is 12.3. The Labute approximate surface area is 127 Å². The van der Waals surface area contributed by atoms with Gasteiger partial charge in [-0.15, -0.1) is 0 Å². The molecule has 4 N–H and O–H groups in total. The molecule has 1 heterocycles. The SMILES string of the molecule is CCOc1cccc(N)c1C(=O)NCC(O)c1ccsc1. The molecule has 0 saturated carbocycles. The molecule has 0 saturated heterocycles. The number of amides is 1. The molecule has 1 atom stereocenters. The lowest BCUT2D eigenvalue weighted by Gasteiger charge is -2.14. The minimum atomic E-state index is -0.735. The van der Waals surface area contributed by atoms with Gasteiger partial charge < -0.3 is 20.9 Å². The average Bonchev–Trinajstić information content (AvgIpc) is 2.99. The highest BCUT2D eigenvalue weighted by Crippen LogP contribution is 2.24. The number of benzene rings is 1. The van der Waals surface area contributed by atoms with E-state index in [2.05, 4.69) is 5.32 Å². The number of carbonyl (C=O) groups excluding carboxylic acids is 1. The first-order valence-electron chi connectivity index (χ1n) is 6.63. The first kappa shape index (κ1) is 15.3. The summed E-state index contributed by atoms with van der Waals surface area (Å²) >= 11 is 1.50. The van der Waals surface area contributed by atoms with Crippen molar-refractivity contribution in [2.24, 2.45) is 0 Å². The fourth-order valence-corrected chi connectivity index (χ4v) is 2.63. The topological polar surface area (TPSA) is 84.6 Å². The van der Waals surface area contributed by atoms with Crippen molar-refractivity contribution in [3.8, 4) is 5.75 Å². The number of thiophene rings is 1. The van der Waals surface area contributed by atoms with Crippen LogP contribution in [0.15, 0.2) is 35.0 Å². The van der Waals surface area contributed by atoms with E-state index < -0.39 is 6.10 Å². The van der Waals surface area contributed by atoms with E-state index in [1.807, 2.05) is 23.8 Å². The monoisotopic (exact) mass is 306 g/mol. The Morgan fingerprint density at radius 1 is 1.48 bits per heavy atom. The second-order valence-electron chi connectivity index (χ2n) is 4.44. The molecule has 0 aliphatic rings. The average molecular weight is 306 g/mol. The van der Waals surface area contributed by atoms with Gasteiger partial charge in [-0.3, -0.25) is 4.79 Å². The zero-order valence-electron chi connectivity index (χ0n) is 11.7. The molecule has 2 aromatic rings. The number of ether oxygens (including phenoxy) is 1. The molecule has 6 heteroatoms. The number of hydrogen-bond donors (Lipinski definition) is 3. The highest BCUT2D eigenvalue weighted by Gasteiger charge is 2.17. The Kier molecular flexibility index (Phi) is 5.19. The molecule has 0 aliphatic heterocycles. The van der Waals surface area contributed by atoms with Crippen LogP contribution in [0.1, 0.15) is 28.9 Å². The van der Waals surface area contributed by atoms with Crippen LogP contribution in [0.2, 0.25) is 0 Å². The molecule has 2 rings (SSSR count). The molecule has 0 bridgehead atoms. The maximum Gasteiger partial charge on any atom is 0.257 e. The number of rotatable bonds is 6. The predicted molar refractivity (Wildman–Crippen MR) is 83.6 cm³/mol. The van der Waals surface area contributed by atoms with Crippen molar-refractivity contribution in [2.75, 3.05) is 18.9 Å². The lowest BCUT2D eigenvalue weighted by atomic mass is 10.1. The van der Waals surface area contributed by atoms with Crippen LogP contribution >= 0.6 is 11.3 Å². The molecule has 1 unspecified atom stereocenters. The summed E-state index contributed by atoms with van der Waals surface area (Å²) in [7, 11) is 0. The smallest absolute Gasteiger partial charge is 0.257 e. The highest BCUT2D eigenvalue weighted by molar-refractivity contribution is 7.07. The van der Waals surface area contributed by atoms with Gasteiger partial charge in [0.1, 0.15) is 11.3 Å². The molecule has 0 spiro atoms. The van der Waals surface area contributed by atoms with Crippen LogP contribution in [0, 0.1) is 0 Å². The number of anilines is 1. The summed E-state index contributed by atoms with van der Waals surface area (Å²) < 4.78 is 5.42. The van der Waals surface area contributed by atoms with Gasteiger partial charge in [0, 0.05) is 12.2 Å². The largest absolute Gasteiger partial charge is 0.493 e. The zero-order valence-corrected chi connectivity index (χ0v) is 12.5. The number of aliphatic hydroxyl groups is 1. The van der Waals surface area contributed by atoms with Crippen LogP contribution in [0.25, 0.3) is 0 Å². The van der Waals surface area contributed by atoms with Crippen molar-refractivity contribution < 1.29 is 14.6 Å². The molecule has 0 radical (unpaired) electrons. The molecule has 21 heavy (non-hydrogen) atoms. The van der Waals surface area contributed by atoms with E-state index in [-0.39, 0.29) is 12.5 Å². The maximum atomic E-state index is 12.3. The van der Waals surface area contributed by atoms with Crippen LogP contribution in [-0.4, -0.2) is 24.2 Å². The Morgan fingerprint density at radius 2 is 2.29 bits per heavy atom. The number of aliphatic hydroxyl groups excluding tert-OH is 1. The molecule has 0 aliphatic carbocycles. The van der Waals surface area contributed by atoms with E-state index in [1.54, 1.807) is 18.2 Å². The summed E-state index contributed by atoms with van der Waals surface area (Å²) in [4.78, 5) is 12.3. The first-order chi connectivity index (χ1) is 10.1. The van der Waals surface area contributed by atoms with Crippen LogP contribution < -0.4 is 15.8 Å². The number of nitrogen functional groups attached to an aromatic ring is 1. The molecule has 5 nitrogen and oxygen atoms in total. The van der Waals surface area contributed by atoms with Crippen molar-refractivity contribution in [3.63, 3.8) is 0 Å². The number of carbonyl (C=O) groups is 1. The third-order valence-corrected chi connectivity index (χ3v) is 3.67. The van der Waals surface area contributed by atoms with Crippen molar-refractivity contribution in [1.82, 2.24) is 5.32 Å². The van der Waals surface area contributed by atoms with Crippen LogP contribution in [0.5, 0.6) is 5.75 Å². The molecular weight excluding hydrogens is 288 g/mol. The lowest BCUT2D eigenvalue weighted by Crippen LogP contribution is -2.29. The number of nitrogens with two attached hydrogens (primary N) is 1. The fourth-order valence-electron chi connectivity index (χ4n) is 1.93. The third kappa shape index (κ3) is 3.74. The summed E-state index contributed by atoms with van der Waals surface area (Å²) in [6.45, 7) is 2.40. The van der Waals surface area contributed by atoms with Gasteiger partial charge >= 0.3 is 0 Å². The van der Waals surface area contributed by atoms with Crippen LogP contribution in [-0.2, 0) is 0 Å². The first-order valence-corrected chi connectivity index (χ1v) is 7.57. The van der Waals surface area contributed by atoms with E-state index in [4.69, 9.17) is 10.5 Å². The zero-order chi connectivity index (χ0) is 15.2. The minimum Gasteiger partial charge on any atom is -0.493 e. The van der Waals surface area contributed by atoms with Gasteiger partial charge in [0.15, 0.2) is 0 Å². The fraction of sp³-hybridized carbons (Fsp3) is 0.267. The Morgan fingerprint density at radius 3 is 2.95 bits per heavy atom. The van der Waals surface area contributed by atoms with E-state index in [0.29, 0.717) is 23.6 Å². The van der Waals surface area contributed by atoms with Gasteiger partial charge in [0.25, 0.3) is 5.91 Å². The normalized spacial score (nSPS) is 11.9. The minimum absolute atomic E-state index is 0.121. The van der Waals surface area contributed by atoms with E-state index in [1.165, 1.54) is 11.3 Å².